The molecule has 0 fully saturated rings. The number of H-pyrrole nitrogens is 1. The van der Waals surface area contributed by atoms with E-state index in [9.17, 15) is 15.0 Å². The third kappa shape index (κ3) is 3.43. The molecule has 9 nitrogen and oxygen atoms in total. The first-order chi connectivity index (χ1) is 15.4. The van der Waals surface area contributed by atoms with E-state index in [4.69, 9.17) is 0 Å². The summed E-state index contributed by atoms with van der Waals surface area (Å²) in [7, 11) is 1.78. The van der Waals surface area contributed by atoms with E-state index in [-0.39, 0.29) is 23.0 Å². The van der Waals surface area contributed by atoms with E-state index in [0.29, 0.717) is 24.6 Å². The number of anilines is 2. The zero-order chi connectivity index (χ0) is 22.4. The Morgan fingerprint density at radius 2 is 1.91 bits per heavy atom. The molecule has 2 aromatic heterocycles. The minimum Gasteiger partial charge on any atom is -0.508 e. The van der Waals surface area contributed by atoms with Crippen molar-refractivity contribution in [1.29, 1.82) is 0 Å². The summed E-state index contributed by atoms with van der Waals surface area (Å²) in [5, 5.41) is 35.2. The molecular formula is C23H22N6O3. The fourth-order valence-corrected chi connectivity index (χ4v) is 3.89. The lowest BCUT2D eigenvalue weighted by molar-refractivity contribution is 0.0747. The van der Waals surface area contributed by atoms with Crippen molar-refractivity contribution < 1.29 is 15.0 Å². The number of nitrogens with zero attached hydrogens (tertiary/aromatic N) is 4. The number of nitrogens with one attached hydrogen (secondary N) is 2. The molecular weight excluding hydrogens is 408 g/mol. The van der Waals surface area contributed by atoms with Crippen molar-refractivity contribution in [2.75, 3.05) is 5.32 Å². The van der Waals surface area contributed by atoms with Crippen molar-refractivity contribution in [3.05, 3.63) is 71.0 Å². The average molecular weight is 430 g/mol. The van der Waals surface area contributed by atoms with Crippen LogP contribution >= 0.6 is 0 Å². The smallest absolute Gasteiger partial charge is 0.260 e. The molecule has 0 bridgehead atoms. The first-order valence-corrected chi connectivity index (χ1v) is 10.1. The van der Waals surface area contributed by atoms with Crippen LogP contribution in [0.15, 0.2) is 48.7 Å². The maximum Gasteiger partial charge on any atom is 0.260 e. The maximum absolute atomic E-state index is 13.3. The Morgan fingerprint density at radius 1 is 1.12 bits per heavy atom. The Bertz CT molecular complexity index is 1300. The summed E-state index contributed by atoms with van der Waals surface area (Å²) < 4.78 is 1.65. The second-order valence-corrected chi connectivity index (χ2v) is 7.95. The molecule has 3 heterocycles. The highest BCUT2D eigenvalue weighted by Crippen LogP contribution is 2.36. The minimum absolute atomic E-state index is 0.0824. The third-order valence-electron chi connectivity index (χ3n) is 5.61. The molecule has 32 heavy (non-hydrogen) atoms. The zero-order valence-corrected chi connectivity index (χ0v) is 17.6. The first kappa shape index (κ1) is 19.7. The van der Waals surface area contributed by atoms with Gasteiger partial charge in [0.25, 0.3) is 5.91 Å². The van der Waals surface area contributed by atoms with E-state index in [2.05, 4.69) is 20.6 Å². The number of carbonyl (C=O) groups excluding carboxylic acids is 1. The standard InChI is InChI=1S/C23H22N6O3/c1-13-3-5-14(6-4-13)17-9-21(28(2)27-17)25-18-7-16(30)8-20(31)22(18)23(32)29-11-15-10-24-26-19(15)12-29/h3-10,25,30-31H,11-12H2,1-2H3,(H,24,26). The number of phenolic OH excluding ortho intramolecular Hbond substituents is 2. The lowest BCUT2D eigenvalue weighted by Crippen LogP contribution is -2.26. The van der Waals surface area contributed by atoms with Crippen LogP contribution in [0.1, 0.15) is 27.2 Å². The summed E-state index contributed by atoms with van der Waals surface area (Å²) >= 11 is 0. The second kappa shape index (κ2) is 7.45. The van der Waals surface area contributed by atoms with Gasteiger partial charge in [-0.15, -0.1) is 0 Å². The lowest BCUT2D eigenvalue weighted by atomic mass is 10.1. The highest BCUT2D eigenvalue weighted by molar-refractivity contribution is 6.03. The molecule has 162 valence electrons. The van der Waals surface area contributed by atoms with Gasteiger partial charge in [-0.2, -0.15) is 10.2 Å². The van der Waals surface area contributed by atoms with Gasteiger partial charge in [0.1, 0.15) is 22.9 Å². The van der Waals surface area contributed by atoms with Crippen molar-refractivity contribution in [3.8, 4) is 22.8 Å². The van der Waals surface area contributed by atoms with Crippen molar-refractivity contribution >= 4 is 17.4 Å². The van der Waals surface area contributed by atoms with E-state index in [1.54, 1.807) is 22.8 Å². The van der Waals surface area contributed by atoms with Gasteiger partial charge in [0.15, 0.2) is 0 Å². The predicted octanol–water partition coefficient (Wildman–Crippen LogP) is 3.43. The molecule has 0 saturated heterocycles. The fourth-order valence-electron chi connectivity index (χ4n) is 3.89. The van der Waals surface area contributed by atoms with Gasteiger partial charge in [0.2, 0.25) is 0 Å². The molecule has 0 atom stereocenters. The van der Waals surface area contributed by atoms with Crippen LogP contribution in [0.4, 0.5) is 11.5 Å². The molecule has 1 aliphatic rings. The summed E-state index contributed by atoms with van der Waals surface area (Å²) in [5.41, 5.74) is 5.07. The molecule has 0 radical (unpaired) electrons. The summed E-state index contributed by atoms with van der Waals surface area (Å²) in [5.74, 6) is -0.198. The van der Waals surface area contributed by atoms with Crippen molar-refractivity contribution in [2.45, 2.75) is 20.0 Å². The Morgan fingerprint density at radius 3 is 2.66 bits per heavy atom. The Labute approximate surface area is 183 Å². The predicted molar refractivity (Wildman–Crippen MR) is 119 cm³/mol. The lowest BCUT2D eigenvalue weighted by Gasteiger charge is -2.19. The van der Waals surface area contributed by atoms with E-state index in [0.717, 1.165) is 34.1 Å². The van der Waals surface area contributed by atoms with Gasteiger partial charge >= 0.3 is 0 Å². The number of amides is 1. The molecule has 0 saturated carbocycles. The summed E-state index contributed by atoms with van der Waals surface area (Å²) in [6.07, 6.45) is 1.70. The molecule has 0 spiro atoms. The summed E-state index contributed by atoms with van der Waals surface area (Å²) in [6, 6.07) is 12.5. The van der Waals surface area contributed by atoms with Gasteiger partial charge in [-0.25, -0.2) is 0 Å². The second-order valence-electron chi connectivity index (χ2n) is 7.95. The third-order valence-corrected chi connectivity index (χ3v) is 5.61. The number of aromatic hydroxyl groups is 2. The molecule has 0 unspecified atom stereocenters. The van der Waals surface area contributed by atoms with Crippen LogP contribution in [0, 0.1) is 6.92 Å². The molecule has 4 N–H and O–H groups in total. The first-order valence-electron chi connectivity index (χ1n) is 10.1. The van der Waals surface area contributed by atoms with Crippen LogP contribution in [-0.2, 0) is 20.1 Å². The number of aryl methyl sites for hydroxylation is 2. The zero-order valence-electron chi connectivity index (χ0n) is 17.6. The van der Waals surface area contributed by atoms with E-state index < -0.39 is 0 Å². The number of aromatic amines is 1. The normalized spacial score (nSPS) is 12.8. The van der Waals surface area contributed by atoms with Crippen LogP contribution in [0.3, 0.4) is 0 Å². The number of rotatable bonds is 4. The summed E-state index contributed by atoms with van der Waals surface area (Å²) in [4.78, 5) is 14.9. The van der Waals surface area contributed by atoms with Gasteiger partial charge in [0, 0.05) is 42.9 Å². The molecule has 2 aromatic carbocycles. The molecule has 5 rings (SSSR count). The quantitative estimate of drug-likeness (QED) is 0.394. The monoisotopic (exact) mass is 430 g/mol. The van der Waals surface area contributed by atoms with E-state index in [1.807, 2.05) is 37.3 Å². The number of aromatic nitrogens is 4. The minimum atomic E-state index is -0.351. The largest absolute Gasteiger partial charge is 0.508 e. The molecule has 1 aliphatic heterocycles. The van der Waals surface area contributed by atoms with Crippen LogP contribution in [0.25, 0.3) is 11.3 Å². The van der Waals surface area contributed by atoms with Gasteiger partial charge in [-0.1, -0.05) is 29.8 Å². The fraction of sp³-hybridized carbons (Fsp3) is 0.174. The van der Waals surface area contributed by atoms with Crippen LogP contribution in [0.5, 0.6) is 11.5 Å². The topological polar surface area (TPSA) is 119 Å². The number of carbonyl (C=O) groups is 1. The van der Waals surface area contributed by atoms with Gasteiger partial charge in [0.05, 0.1) is 29.8 Å². The van der Waals surface area contributed by atoms with E-state index >= 15 is 0 Å². The highest BCUT2D eigenvalue weighted by atomic mass is 16.3. The molecule has 4 aromatic rings. The highest BCUT2D eigenvalue weighted by Gasteiger charge is 2.29. The Kier molecular flexibility index (Phi) is 4.58. The van der Waals surface area contributed by atoms with Gasteiger partial charge in [-0.05, 0) is 6.92 Å². The van der Waals surface area contributed by atoms with E-state index in [1.165, 1.54) is 6.07 Å². The SMILES string of the molecule is Cc1ccc(-c2cc(Nc3cc(O)cc(O)c3C(=O)N3Cc4cn[nH]c4C3)n(C)n2)cc1. The van der Waals surface area contributed by atoms with Crippen molar-refractivity contribution in [2.24, 2.45) is 7.05 Å². The Balaban J connectivity index is 1.47. The molecule has 1 amide bonds. The number of hydrogen-bond donors (Lipinski definition) is 4. The number of fused-ring (bicyclic) bond motifs is 1. The van der Waals surface area contributed by atoms with Gasteiger partial charge < -0.3 is 20.4 Å². The number of phenols is 2. The van der Waals surface area contributed by atoms with Crippen molar-refractivity contribution in [3.63, 3.8) is 0 Å². The maximum atomic E-state index is 13.3. The molecule has 0 aliphatic carbocycles. The van der Waals surface area contributed by atoms with Crippen molar-refractivity contribution in [1.82, 2.24) is 24.9 Å². The van der Waals surface area contributed by atoms with Crippen LogP contribution in [0.2, 0.25) is 0 Å². The average Bonchev–Trinajstić information content (AvgIpc) is 3.43. The van der Waals surface area contributed by atoms with Gasteiger partial charge in [-0.3, -0.25) is 14.6 Å². The molecule has 9 heteroatoms. The number of hydrogen-bond acceptors (Lipinski definition) is 6. The van der Waals surface area contributed by atoms with Crippen LogP contribution < -0.4 is 5.32 Å². The van der Waals surface area contributed by atoms with Crippen LogP contribution in [-0.4, -0.2) is 41.0 Å². The Hall–Kier alpha value is -4.27. The summed E-state index contributed by atoms with van der Waals surface area (Å²) in [6.45, 7) is 2.79. The number of benzene rings is 2.